The molecule has 36 heavy (non-hydrogen) atoms. The molecule has 0 radical (unpaired) electrons. The van der Waals surface area contributed by atoms with Gasteiger partial charge in [-0.15, -0.1) is 6.58 Å². The van der Waals surface area contributed by atoms with Crippen LogP contribution in [0.25, 0.3) is 0 Å². The molecule has 5 atom stereocenters. The molecular formula is C30H32N2O4. The first-order valence-corrected chi connectivity index (χ1v) is 12.7. The minimum Gasteiger partial charge on any atom is -0.504 e. The van der Waals surface area contributed by atoms with Crippen LogP contribution in [0.15, 0.2) is 49.1 Å². The molecule has 2 bridgehead atoms. The van der Waals surface area contributed by atoms with Crippen LogP contribution >= 0.6 is 0 Å². The highest BCUT2D eigenvalue weighted by Crippen LogP contribution is 2.65. The van der Waals surface area contributed by atoms with Crippen molar-refractivity contribution in [1.82, 2.24) is 9.80 Å². The zero-order valence-corrected chi connectivity index (χ0v) is 20.8. The fourth-order valence-corrected chi connectivity index (χ4v) is 7.41. The topological polar surface area (TPSA) is 73.2 Å². The van der Waals surface area contributed by atoms with E-state index in [1.54, 1.807) is 18.0 Å². The van der Waals surface area contributed by atoms with Crippen molar-refractivity contribution in [2.45, 2.75) is 61.8 Å². The fraction of sp³-hybridized carbons (Fsp3) is 0.433. The second-order valence-electron chi connectivity index (χ2n) is 10.8. The summed E-state index contributed by atoms with van der Waals surface area (Å²) in [6.07, 6.45) is 3.99. The predicted octanol–water partition coefficient (Wildman–Crippen LogP) is 2.92. The first-order chi connectivity index (χ1) is 17.3. The molecule has 1 spiro atoms. The van der Waals surface area contributed by atoms with Crippen LogP contribution in [0.5, 0.6) is 11.5 Å². The van der Waals surface area contributed by atoms with Crippen LogP contribution in [0.1, 0.15) is 41.5 Å². The Morgan fingerprint density at radius 2 is 2.19 bits per heavy atom. The third-order valence-corrected chi connectivity index (χ3v) is 9.05. The first kappa shape index (κ1) is 23.1. The number of carbonyl (C=O) groups excluding carboxylic acids is 1. The number of ether oxygens (including phenoxy) is 1. The summed E-state index contributed by atoms with van der Waals surface area (Å²) in [7, 11) is 1.77. The predicted molar refractivity (Wildman–Crippen MR) is 137 cm³/mol. The van der Waals surface area contributed by atoms with E-state index in [0.29, 0.717) is 31.6 Å². The lowest BCUT2D eigenvalue weighted by molar-refractivity contribution is -0.196. The lowest BCUT2D eigenvalue weighted by atomic mass is 9.48. The van der Waals surface area contributed by atoms with E-state index in [1.165, 1.54) is 0 Å². The number of hydrogen-bond acceptors (Lipinski definition) is 5. The van der Waals surface area contributed by atoms with Gasteiger partial charge in [-0.3, -0.25) is 9.69 Å². The van der Waals surface area contributed by atoms with Crippen LogP contribution in [0.3, 0.4) is 0 Å². The van der Waals surface area contributed by atoms with Crippen LogP contribution in [-0.2, 0) is 16.6 Å². The summed E-state index contributed by atoms with van der Waals surface area (Å²) >= 11 is 0. The van der Waals surface area contributed by atoms with Gasteiger partial charge in [-0.05, 0) is 62.1 Å². The summed E-state index contributed by atoms with van der Waals surface area (Å²) in [5.74, 6) is 6.15. The fourth-order valence-electron chi connectivity index (χ4n) is 7.41. The minimum atomic E-state index is -1.10. The van der Waals surface area contributed by atoms with Crippen LogP contribution in [-0.4, -0.2) is 69.8 Å². The smallest absolute Gasteiger partial charge is 0.298 e. The molecule has 2 aromatic carbocycles. The van der Waals surface area contributed by atoms with Crippen LogP contribution in [0.2, 0.25) is 0 Å². The molecule has 2 aromatic rings. The number of likely N-dealkylation sites (tertiary alicyclic amines) is 1. The Morgan fingerprint density at radius 1 is 1.36 bits per heavy atom. The molecule has 2 heterocycles. The number of phenolic OH excluding ortho intramolecular Hbond substituents is 1. The highest BCUT2D eigenvalue weighted by molar-refractivity contribution is 5.94. The van der Waals surface area contributed by atoms with Crippen molar-refractivity contribution in [3.8, 4) is 23.3 Å². The maximum Gasteiger partial charge on any atom is 0.298 e. The van der Waals surface area contributed by atoms with E-state index in [-0.39, 0.29) is 29.8 Å². The molecule has 2 aliphatic carbocycles. The molecule has 0 aromatic heterocycles. The molecule has 1 amide bonds. The third kappa shape index (κ3) is 3.09. The maximum absolute atomic E-state index is 13.2. The summed E-state index contributed by atoms with van der Waals surface area (Å²) in [6.45, 7) is 7.45. The lowest BCUT2D eigenvalue weighted by Crippen LogP contribution is -2.77. The summed E-state index contributed by atoms with van der Waals surface area (Å²) < 4.78 is 6.45. The zero-order valence-electron chi connectivity index (χ0n) is 20.8. The van der Waals surface area contributed by atoms with E-state index in [4.69, 9.17) is 4.74 Å². The SMILES string of the molecule is C=CCN1CC[C@]23c4c5ccc(O)c4O[C@H]2C[C@H](N(C)C(=O)C#Cc2cccc(C)c2)C[C@@]3(O)[C@H]1C5. The molecule has 6 heteroatoms. The Hall–Kier alpha value is -3.27. The van der Waals surface area contributed by atoms with Crippen molar-refractivity contribution in [2.24, 2.45) is 0 Å². The number of hydrogen-bond donors (Lipinski definition) is 2. The van der Waals surface area contributed by atoms with Gasteiger partial charge in [-0.25, -0.2) is 0 Å². The Morgan fingerprint density at radius 3 is 2.97 bits per heavy atom. The van der Waals surface area contributed by atoms with Crippen molar-refractivity contribution in [3.63, 3.8) is 0 Å². The molecule has 1 saturated carbocycles. The summed E-state index contributed by atoms with van der Waals surface area (Å²) in [4.78, 5) is 17.1. The van der Waals surface area contributed by atoms with Gasteiger partial charge in [0.2, 0.25) is 0 Å². The molecule has 2 aliphatic heterocycles. The summed E-state index contributed by atoms with van der Waals surface area (Å²) in [6, 6.07) is 11.1. The van der Waals surface area contributed by atoms with Crippen LogP contribution in [0.4, 0.5) is 0 Å². The van der Waals surface area contributed by atoms with Crippen LogP contribution in [0, 0.1) is 18.8 Å². The first-order valence-electron chi connectivity index (χ1n) is 12.7. The number of piperidine rings is 1. The van der Waals surface area contributed by atoms with E-state index in [0.717, 1.165) is 35.2 Å². The van der Waals surface area contributed by atoms with Gasteiger partial charge >= 0.3 is 0 Å². The normalized spacial score (nSPS) is 31.5. The maximum atomic E-state index is 13.2. The number of aliphatic hydroxyl groups is 1. The highest BCUT2D eigenvalue weighted by atomic mass is 16.5. The van der Waals surface area contributed by atoms with Crippen molar-refractivity contribution >= 4 is 5.91 Å². The second kappa shape index (κ2) is 8.12. The minimum absolute atomic E-state index is 0.122. The van der Waals surface area contributed by atoms with Gasteiger partial charge in [0, 0.05) is 49.1 Å². The Kier molecular flexibility index (Phi) is 5.22. The molecule has 2 N–H and O–H groups in total. The molecule has 4 aliphatic rings. The van der Waals surface area contributed by atoms with Crippen molar-refractivity contribution in [2.75, 3.05) is 20.1 Å². The number of aromatic hydroxyl groups is 1. The van der Waals surface area contributed by atoms with E-state index < -0.39 is 11.0 Å². The number of amides is 1. The number of carbonyl (C=O) groups is 1. The third-order valence-electron chi connectivity index (χ3n) is 9.05. The zero-order chi connectivity index (χ0) is 25.2. The monoisotopic (exact) mass is 484 g/mol. The summed E-state index contributed by atoms with van der Waals surface area (Å²) in [5.41, 5.74) is 2.32. The molecule has 186 valence electrons. The Bertz CT molecular complexity index is 1330. The lowest BCUT2D eigenvalue weighted by Gasteiger charge is -2.64. The molecule has 6 nitrogen and oxygen atoms in total. The molecule has 2 fully saturated rings. The van der Waals surface area contributed by atoms with Crippen LogP contribution < -0.4 is 4.74 Å². The van der Waals surface area contributed by atoms with E-state index in [2.05, 4.69) is 23.3 Å². The molecule has 0 unspecified atom stereocenters. The van der Waals surface area contributed by atoms with E-state index in [1.807, 2.05) is 43.3 Å². The standard InChI is InChI=1S/C30H32N2O4/c1-4-13-32-14-12-29-25-17-22(31(3)26(34)11-8-20-7-5-6-19(2)15-20)18-30(29,35)24(32)16-21-9-10-23(33)28(36-25)27(21)29/h4-7,9-10,15,22,24-25,33,35H,1,12-14,16-18H2,2-3H3/t22-,24+,25-,29+,30+/m0/s1. The van der Waals surface area contributed by atoms with Gasteiger partial charge in [-0.1, -0.05) is 30.2 Å². The highest BCUT2D eigenvalue weighted by Gasteiger charge is 2.72. The Labute approximate surface area is 212 Å². The number of nitrogens with zero attached hydrogens (tertiary/aromatic N) is 2. The van der Waals surface area contributed by atoms with Gasteiger partial charge in [0.1, 0.15) is 6.10 Å². The molecule has 1 saturated heterocycles. The van der Waals surface area contributed by atoms with Crippen molar-refractivity contribution in [3.05, 3.63) is 71.3 Å². The van der Waals surface area contributed by atoms with Gasteiger partial charge in [0.15, 0.2) is 11.5 Å². The molecule has 6 rings (SSSR count). The van der Waals surface area contributed by atoms with Crippen molar-refractivity contribution in [1.29, 1.82) is 0 Å². The molecular weight excluding hydrogens is 452 g/mol. The van der Waals surface area contributed by atoms with Crippen molar-refractivity contribution < 1.29 is 19.7 Å². The number of aryl methyl sites for hydroxylation is 1. The van der Waals surface area contributed by atoms with Gasteiger partial charge in [0.05, 0.1) is 11.0 Å². The number of phenols is 1. The van der Waals surface area contributed by atoms with E-state index in [9.17, 15) is 15.0 Å². The average molecular weight is 485 g/mol. The van der Waals surface area contributed by atoms with Gasteiger partial charge in [-0.2, -0.15) is 0 Å². The Balaban J connectivity index is 1.37. The van der Waals surface area contributed by atoms with Gasteiger partial charge < -0.3 is 19.8 Å². The number of benzene rings is 2. The number of rotatable bonds is 3. The summed E-state index contributed by atoms with van der Waals surface area (Å²) in [5, 5.41) is 23.3. The quantitative estimate of drug-likeness (QED) is 0.518. The van der Waals surface area contributed by atoms with E-state index >= 15 is 0 Å². The largest absolute Gasteiger partial charge is 0.504 e. The average Bonchev–Trinajstić information content (AvgIpc) is 3.19. The van der Waals surface area contributed by atoms with Gasteiger partial charge in [0.25, 0.3) is 5.91 Å². The second-order valence-corrected chi connectivity index (χ2v) is 10.8.